The van der Waals surface area contributed by atoms with Gasteiger partial charge in [0.25, 0.3) is 0 Å². The van der Waals surface area contributed by atoms with Gasteiger partial charge in [-0.1, -0.05) is 51.1 Å². The SMILES string of the molecule is CC(C)(C)c1cc(CN2CCC3(CC2)CN(c2ccccc2)C(=O)O3)cc(-c2ccc(F)c(F)c2F)c1. The van der Waals surface area contributed by atoms with Crippen molar-refractivity contribution >= 4 is 11.8 Å². The zero-order chi connectivity index (χ0) is 26.4. The number of amides is 1. The number of halogens is 3. The summed E-state index contributed by atoms with van der Waals surface area (Å²) in [6.45, 7) is 8.83. The van der Waals surface area contributed by atoms with Crippen LogP contribution in [0.5, 0.6) is 0 Å². The second kappa shape index (κ2) is 9.53. The zero-order valence-electron chi connectivity index (χ0n) is 21.4. The van der Waals surface area contributed by atoms with E-state index in [1.807, 2.05) is 42.5 Å². The van der Waals surface area contributed by atoms with Crippen LogP contribution in [-0.4, -0.2) is 36.2 Å². The number of anilines is 1. The summed E-state index contributed by atoms with van der Waals surface area (Å²) in [5.41, 5.74) is 2.64. The maximum atomic E-state index is 14.7. The van der Waals surface area contributed by atoms with Crippen molar-refractivity contribution in [1.82, 2.24) is 4.90 Å². The molecule has 1 amide bonds. The number of hydrogen-bond donors (Lipinski definition) is 0. The Bertz CT molecular complexity index is 1310. The molecule has 2 aliphatic rings. The molecule has 0 saturated carbocycles. The monoisotopic (exact) mass is 508 g/mol. The molecule has 0 aromatic heterocycles. The highest BCUT2D eigenvalue weighted by molar-refractivity contribution is 5.90. The summed E-state index contributed by atoms with van der Waals surface area (Å²) < 4.78 is 48.1. The van der Waals surface area contributed by atoms with E-state index in [9.17, 15) is 18.0 Å². The average Bonchev–Trinajstić information content (AvgIpc) is 3.19. The van der Waals surface area contributed by atoms with E-state index in [0.717, 1.165) is 36.0 Å². The van der Waals surface area contributed by atoms with Gasteiger partial charge in [-0.15, -0.1) is 0 Å². The Kier molecular flexibility index (Phi) is 6.52. The summed E-state index contributed by atoms with van der Waals surface area (Å²) >= 11 is 0. The molecule has 2 heterocycles. The van der Waals surface area contributed by atoms with Gasteiger partial charge >= 0.3 is 6.09 Å². The first-order valence-electron chi connectivity index (χ1n) is 12.6. The van der Waals surface area contributed by atoms with Crippen molar-refractivity contribution in [2.24, 2.45) is 0 Å². The average molecular weight is 509 g/mol. The third-order valence-electron chi connectivity index (χ3n) is 7.42. The van der Waals surface area contributed by atoms with E-state index >= 15 is 0 Å². The van der Waals surface area contributed by atoms with E-state index in [-0.39, 0.29) is 17.1 Å². The normalized spacial score (nSPS) is 17.9. The highest BCUT2D eigenvalue weighted by Gasteiger charge is 2.47. The van der Waals surface area contributed by atoms with Crippen molar-refractivity contribution in [2.75, 3.05) is 24.5 Å². The molecule has 4 nitrogen and oxygen atoms in total. The van der Waals surface area contributed by atoms with Crippen molar-refractivity contribution in [2.45, 2.75) is 51.2 Å². The van der Waals surface area contributed by atoms with Crippen LogP contribution in [0.25, 0.3) is 11.1 Å². The molecule has 2 aliphatic heterocycles. The predicted molar refractivity (Wildman–Crippen MR) is 138 cm³/mol. The van der Waals surface area contributed by atoms with Gasteiger partial charge in [-0.3, -0.25) is 9.80 Å². The van der Waals surface area contributed by atoms with E-state index in [0.29, 0.717) is 31.5 Å². The number of rotatable bonds is 4. The topological polar surface area (TPSA) is 32.8 Å². The molecule has 1 spiro atoms. The molecule has 7 heteroatoms. The Morgan fingerprint density at radius 1 is 0.919 bits per heavy atom. The van der Waals surface area contributed by atoms with Crippen molar-refractivity contribution in [3.05, 3.63) is 89.2 Å². The lowest BCUT2D eigenvalue weighted by Crippen LogP contribution is -2.46. The molecule has 3 aromatic rings. The van der Waals surface area contributed by atoms with Gasteiger partial charge < -0.3 is 4.74 Å². The Balaban J connectivity index is 1.34. The summed E-state index contributed by atoms with van der Waals surface area (Å²) in [7, 11) is 0. The van der Waals surface area contributed by atoms with E-state index in [4.69, 9.17) is 4.74 Å². The molecular formula is C30H31F3N2O2. The van der Waals surface area contributed by atoms with Crippen LogP contribution in [0, 0.1) is 17.5 Å². The smallest absolute Gasteiger partial charge is 0.415 e. The fourth-order valence-corrected chi connectivity index (χ4v) is 5.19. The Hall–Kier alpha value is -3.32. The second-order valence-corrected chi connectivity index (χ2v) is 11.1. The third kappa shape index (κ3) is 5.10. The lowest BCUT2D eigenvalue weighted by Gasteiger charge is -2.37. The molecule has 0 atom stereocenters. The van der Waals surface area contributed by atoms with Gasteiger partial charge in [0, 0.05) is 43.7 Å². The highest BCUT2D eigenvalue weighted by atomic mass is 19.2. The van der Waals surface area contributed by atoms with Gasteiger partial charge in [-0.2, -0.15) is 0 Å². The number of piperidine rings is 1. The molecule has 0 radical (unpaired) electrons. The van der Waals surface area contributed by atoms with E-state index in [2.05, 4.69) is 31.7 Å². The van der Waals surface area contributed by atoms with Crippen LogP contribution in [-0.2, 0) is 16.7 Å². The van der Waals surface area contributed by atoms with E-state index < -0.39 is 23.1 Å². The van der Waals surface area contributed by atoms with E-state index in [1.165, 1.54) is 6.07 Å². The molecule has 5 rings (SSSR count). The first kappa shape index (κ1) is 25.3. The first-order chi connectivity index (χ1) is 17.5. The maximum absolute atomic E-state index is 14.7. The Morgan fingerprint density at radius 2 is 1.62 bits per heavy atom. The molecular weight excluding hydrogens is 477 g/mol. The number of ether oxygens (including phenoxy) is 1. The summed E-state index contributed by atoms with van der Waals surface area (Å²) in [6, 6.07) is 17.6. The summed E-state index contributed by atoms with van der Waals surface area (Å²) in [4.78, 5) is 16.6. The standard InChI is InChI=1S/C30H31F3N2O2/c1-29(2,3)22-16-20(15-21(17-22)24-9-10-25(31)27(33)26(24)32)18-34-13-11-30(12-14-34)19-35(28(36)37-30)23-7-5-4-6-8-23/h4-10,15-17H,11-14,18-19H2,1-3H3. The molecule has 3 aromatic carbocycles. The summed E-state index contributed by atoms with van der Waals surface area (Å²) in [5, 5.41) is 0. The first-order valence-corrected chi connectivity index (χ1v) is 12.6. The van der Waals surface area contributed by atoms with Crippen molar-refractivity contribution in [3.63, 3.8) is 0 Å². The minimum atomic E-state index is -1.46. The van der Waals surface area contributed by atoms with Crippen LogP contribution in [0.4, 0.5) is 23.7 Å². The largest absolute Gasteiger partial charge is 0.441 e. The van der Waals surface area contributed by atoms with Gasteiger partial charge in [0.1, 0.15) is 5.60 Å². The fraction of sp³-hybridized carbons (Fsp3) is 0.367. The van der Waals surface area contributed by atoms with Crippen molar-refractivity contribution < 1.29 is 22.7 Å². The van der Waals surface area contributed by atoms with Crippen LogP contribution in [0.15, 0.2) is 60.7 Å². The Labute approximate surface area is 215 Å². The number of carbonyl (C=O) groups excluding carboxylic acids is 1. The number of benzene rings is 3. The molecule has 0 N–H and O–H groups in total. The molecule has 0 bridgehead atoms. The van der Waals surface area contributed by atoms with Crippen molar-refractivity contribution in [1.29, 1.82) is 0 Å². The minimum Gasteiger partial charge on any atom is -0.441 e. The van der Waals surface area contributed by atoms with Crippen molar-refractivity contribution in [3.8, 4) is 11.1 Å². The lowest BCUT2D eigenvalue weighted by atomic mass is 9.84. The number of hydrogen-bond acceptors (Lipinski definition) is 3. The summed E-state index contributed by atoms with van der Waals surface area (Å²) in [5.74, 6) is -3.84. The second-order valence-electron chi connectivity index (χ2n) is 11.1. The number of para-hydroxylation sites is 1. The number of nitrogens with zero attached hydrogens (tertiary/aromatic N) is 2. The summed E-state index contributed by atoms with van der Waals surface area (Å²) in [6.07, 6.45) is 1.12. The quantitative estimate of drug-likeness (QED) is 0.354. The number of carbonyl (C=O) groups is 1. The van der Waals surface area contributed by atoms with E-state index in [1.54, 1.807) is 4.90 Å². The molecule has 2 saturated heterocycles. The van der Waals surface area contributed by atoms with Gasteiger partial charge in [-0.05, 0) is 52.4 Å². The minimum absolute atomic E-state index is 0.0442. The predicted octanol–water partition coefficient (Wildman–Crippen LogP) is 7.06. The number of likely N-dealkylation sites (tertiary alicyclic amines) is 1. The molecule has 194 valence electrons. The van der Waals surface area contributed by atoms with Gasteiger partial charge in [0.05, 0.1) is 6.54 Å². The van der Waals surface area contributed by atoms with Crippen LogP contribution >= 0.6 is 0 Å². The molecule has 0 aliphatic carbocycles. The molecule has 2 fully saturated rings. The van der Waals surface area contributed by atoms with Crippen LogP contribution in [0.2, 0.25) is 0 Å². The molecule has 0 unspecified atom stereocenters. The Morgan fingerprint density at radius 3 is 2.30 bits per heavy atom. The van der Waals surface area contributed by atoms with Crippen LogP contribution < -0.4 is 4.90 Å². The van der Waals surface area contributed by atoms with Crippen LogP contribution in [0.1, 0.15) is 44.7 Å². The van der Waals surface area contributed by atoms with Gasteiger partial charge in [0.15, 0.2) is 17.5 Å². The zero-order valence-corrected chi connectivity index (χ0v) is 21.4. The highest BCUT2D eigenvalue weighted by Crippen LogP contribution is 2.37. The van der Waals surface area contributed by atoms with Gasteiger partial charge in [0.2, 0.25) is 0 Å². The fourth-order valence-electron chi connectivity index (χ4n) is 5.19. The molecule has 37 heavy (non-hydrogen) atoms. The van der Waals surface area contributed by atoms with Crippen LogP contribution in [0.3, 0.4) is 0 Å². The maximum Gasteiger partial charge on any atom is 0.415 e. The third-order valence-corrected chi connectivity index (χ3v) is 7.42. The lowest BCUT2D eigenvalue weighted by molar-refractivity contribution is -0.000976. The van der Waals surface area contributed by atoms with Gasteiger partial charge in [-0.25, -0.2) is 18.0 Å².